The lowest BCUT2D eigenvalue weighted by molar-refractivity contribution is 0.0969. The number of aromatic nitrogens is 4. The molecule has 1 amide bonds. The van der Waals surface area contributed by atoms with Crippen molar-refractivity contribution in [2.24, 2.45) is 0 Å². The Morgan fingerprint density at radius 3 is 2.85 bits per heavy atom. The number of ether oxygens (including phenoxy) is 3. The van der Waals surface area contributed by atoms with Crippen molar-refractivity contribution >= 4 is 55.5 Å². The van der Waals surface area contributed by atoms with Crippen molar-refractivity contribution in [3.05, 3.63) is 70.6 Å². The Morgan fingerprint density at radius 1 is 1.17 bits per heavy atom. The highest BCUT2D eigenvalue weighted by Gasteiger charge is 2.18. The first-order chi connectivity index (χ1) is 19.7. The maximum atomic E-state index is 15.0. The first kappa shape index (κ1) is 26.2. The predicted molar refractivity (Wildman–Crippen MR) is 151 cm³/mol. The van der Waals surface area contributed by atoms with Gasteiger partial charge in [-0.15, -0.1) is 11.3 Å². The summed E-state index contributed by atoms with van der Waals surface area (Å²) in [6.45, 7) is 3.46. The number of aryl methyl sites for hydroxylation is 1. The number of H-pyrrole nitrogens is 1. The molecule has 0 saturated heterocycles. The molecule has 0 unspecified atom stereocenters. The van der Waals surface area contributed by atoms with Crippen LogP contribution >= 0.6 is 11.3 Å². The molecule has 1 atom stereocenters. The fraction of sp³-hybridized carbons (Fsp3) is 0.179. The Bertz CT molecular complexity index is 2000. The van der Waals surface area contributed by atoms with Crippen LogP contribution in [0.15, 0.2) is 57.9 Å². The van der Waals surface area contributed by atoms with Crippen LogP contribution in [0.2, 0.25) is 0 Å². The Morgan fingerprint density at radius 2 is 2.02 bits per heavy atom. The molecule has 0 fully saturated rings. The second-order valence-electron chi connectivity index (χ2n) is 9.24. The summed E-state index contributed by atoms with van der Waals surface area (Å²) < 4.78 is 36.8. The monoisotopic (exact) mass is 575 g/mol. The van der Waals surface area contributed by atoms with Crippen molar-refractivity contribution in [1.82, 2.24) is 19.9 Å². The summed E-state index contributed by atoms with van der Waals surface area (Å²) in [5.74, 6) is -0.767. The van der Waals surface area contributed by atoms with E-state index < -0.39 is 23.8 Å². The molecule has 41 heavy (non-hydrogen) atoms. The smallest absolute Gasteiger partial charge is 0.417 e. The van der Waals surface area contributed by atoms with Crippen LogP contribution in [0.4, 0.5) is 14.9 Å². The van der Waals surface area contributed by atoms with Crippen LogP contribution in [-0.2, 0) is 4.74 Å². The molecule has 2 N–H and O–H groups in total. The van der Waals surface area contributed by atoms with Gasteiger partial charge in [-0.1, -0.05) is 0 Å². The number of aromatic amines is 1. The summed E-state index contributed by atoms with van der Waals surface area (Å²) >= 11 is 1.37. The number of fused-ring (bicyclic) bond motifs is 3. The number of thiazole rings is 1. The van der Waals surface area contributed by atoms with E-state index in [9.17, 15) is 14.0 Å². The van der Waals surface area contributed by atoms with E-state index in [2.05, 4.69) is 25.3 Å². The molecule has 0 spiro atoms. The van der Waals surface area contributed by atoms with E-state index >= 15 is 0 Å². The van der Waals surface area contributed by atoms with Crippen LogP contribution in [0, 0.1) is 12.7 Å². The highest BCUT2D eigenvalue weighted by molar-refractivity contribution is 7.21. The number of amides is 1. The number of halogens is 1. The Kier molecular flexibility index (Phi) is 6.71. The third-order valence-electron chi connectivity index (χ3n) is 6.10. The van der Waals surface area contributed by atoms with Crippen LogP contribution in [0.1, 0.15) is 12.5 Å². The maximum absolute atomic E-state index is 15.0. The van der Waals surface area contributed by atoms with Crippen molar-refractivity contribution < 1.29 is 27.8 Å². The molecule has 0 radical (unpaired) electrons. The van der Waals surface area contributed by atoms with Gasteiger partial charge in [0.2, 0.25) is 5.88 Å². The van der Waals surface area contributed by atoms with Gasteiger partial charge in [-0.05, 0) is 43.7 Å². The summed E-state index contributed by atoms with van der Waals surface area (Å²) in [4.78, 5) is 39.7. The van der Waals surface area contributed by atoms with Gasteiger partial charge in [0.25, 0.3) is 0 Å². The average Bonchev–Trinajstić information content (AvgIpc) is 3.52. The fourth-order valence-corrected chi connectivity index (χ4v) is 5.26. The second kappa shape index (κ2) is 10.5. The van der Waals surface area contributed by atoms with Gasteiger partial charge < -0.3 is 18.6 Å². The largest absolute Gasteiger partial charge is 0.484 e. The van der Waals surface area contributed by atoms with E-state index in [1.807, 2.05) is 19.1 Å². The zero-order chi connectivity index (χ0) is 28.7. The Balaban J connectivity index is 1.16. The first-order valence-electron chi connectivity index (χ1n) is 12.4. The van der Waals surface area contributed by atoms with Crippen LogP contribution in [0.25, 0.3) is 42.9 Å². The molecule has 0 aliphatic rings. The molecule has 0 aliphatic carbocycles. The molecule has 6 rings (SSSR count). The third-order valence-corrected chi connectivity index (χ3v) is 7.15. The van der Waals surface area contributed by atoms with E-state index in [4.69, 9.17) is 18.6 Å². The molecule has 3 aromatic heterocycles. The topological polar surface area (TPSA) is 141 Å². The predicted octanol–water partition coefficient (Wildman–Crippen LogP) is 5.81. The van der Waals surface area contributed by atoms with Crippen molar-refractivity contribution in [2.45, 2.75) is 20.0 Å². The van der Waals surface area contributed by atoms with Gasteiger partial charge >= 0.3 is 11.8 Å². The quantitative estimate of drug-likeness (QED) is 0.241. The summed E-state index contributed by atoms with van der Waals surface area (Å²) in [5, 5.41) is 3.21. The third kappa shape index (κ3) is 5.39. The summed E-state index contributed by atoms with van der Waals surface area (Å²) in [5.41, 5.74) is 4.74. The molecular formula is C28H22FN5O6S. The summed E-state index contributed by atoms with van der Waals surface area (Å²) in [6, 6.07) is 11.4. The van der Waals surface area contributed by atoms with E-state index in [0.29, 0.717) is 48.9 Å². The minimum Gasteiger partial charge on any atom is -0.484 e. The number of benzene rings is 3. The lowest BCUT2D eigenvalue weighted by Crippen LogP contribution is -2.24. The molecule has 3 heterocycles. The molecular weight excluding hydrogens is 553 g/mol. The average molecular weight is 576 g/mol. The van der Waals surface area contributed by atoms with Crippen molar-refractivity contribution in [1.29, 1.82) is 0 Å². The van der Waals surface area contributed by atoms with E-state index in [0.717, 1.165) is 11.1 Å². The molecule has 13 heteroatoms. The molecule has 0 aliphatic heterocycles. The van der Waals surface area contributed by atoms with E-state index in [1.54, 1.807) is 31.3 Å². The standard InChI is InChI=1S/C28H22FN5O6S/c1-13-6-16(25-20(7-13)32-24(37-3)11-30-25)26-33-19-9-17(29)21(10-23(19)41-26)39-14(2)12-38-27(35)31-15-4-5-18-22(8-15)40-28(36)34-18/h4-11,14H,12H2,1-3H3,(H,31,35)(H,34,36)/t14-/m0/s1. The van der Waals surface area contributed by atoms with Gasteiger partial charge in [-0.25, -0.2) is 28.9 Å². The number of carbonyl (C=O) groups excluding carboxylic acids is 1. The normalized spacial score (nSPS) is 12.1. The lowest BCUT2D eigenvalue weighted by Gasteiger charge is -2.15. The SMILES string of the molecule is COc1cnc2c(-c3nc4cc(F)c(O[C@@H](C)COC(=O)Nc5ccc6[nH]c(=O)oc6c5)cc4s3)cc(C)cc2n1. The van der Waals surface area contributed by atoms with Gasteiger partial charge in [0.1, 0.15) is 17.7 Å². The van der Waals surface area contributed by atoms with E-state index in [1.165, 1.54) is 30.6 Å². The van der Waals surface area contributed by atoms with Crippen LogP contribution in [0.5, 0.6) is 11.6 Å². The zero-order valence-corrected chi connectivity index (χ0v) is 22.8. The summed E-state index contributed by atoms with van der Waals surface area (Å²) in [7, 11) is 1.53. The number of methoxy groups -OCH3 is 1. The summed E-state index contributed by atoms with van der Waals surface area (Å²) in [6.07, 6.45) is 0.145. The molecule has 3 aromatic carbocycles. The first-order valence-corrected chi connectivity index (χ1v) is 13.2. The highest BCUT2D eigenvalue weighted by atomic mass is 32.1. The van der Waals surface area contributed by atoms with Gasteiger partial charge in [0.05, 0.1) is 40.1 Å². The zero-order valence-electron chi connectivity index (χ0n) is 22.0. The second-order valence-corrected chi connectivity index (χ2v) is 10.3. The Labute approximate surface area is 234 Å². The number of hydrogen-bond donors (Lipinski definition) is 2. The number of carbonyl (C=O) groups is 1. The van der Waals surface area contributed by atoms with Crippen LogP contribution < -0.4 is 20.5 Å². The maximum Gasteiger partial charge on any atom is 0.417 e. The number of rotatable bonds is 7. The number of hydrogen-bond acceptors (Lipinski definition) is 10. The van der Waals surface area contributed by atoms with Crippen LogP contribution in [-0.4, -0.2) is 45.8 Å². The number of nitrogens with zero attached hydrogens (tertiary/aromatic N) is 3. The molecule has 208 valence electrons. The number of nitrogens with one attached hydrogen (secondary N) is 2. The number of oxazole rings is 1. The minimum atomic E-state index is -0.744. The van der Waals surface area contributed by atoms with Crippen molar-refractivity contribution in [3.63, 3.8) is 0 Å². The van der Waals surface area contributed by atoms with E-state index in [-0.39, 0.29) is 12.4 Å². The molecule has 0 saturated carbocycles. The van der Waals surface area contributed by atoms with Crippen LogP contribution in [0.3, 0.4) is 0 Å². The minimum absolute atomic E-state index is 0.00998. The Hall–Kier alpha value is -5.04. The molecule has 6 aromatic rings. The lowest BCUT2D eigenvalue weighted by atomic mass is 10.1. The van der Waals surface area contributed by atoms with Crippen molar-refractivity contribution in [2.75, 3.05) is 19.0 Å². The van der Waals surface area contributed by atoms with Gasteiger partial charge in [0, 0.05) is 29.4 Å². The highest BCUT2D eigenvalue weighted by Crippen LogP contribution is 2.37. The fourth-order valence-electron chi connectivity index (χ4n) is 4.27. The molecule has 0 bridgehead atoms. The molecule has 11 nitrogen and oxygen atoms in total. The van der Waals surface area contributed by atoms with Gasteiger partial charge in [-0.2, -0.15) is 0 Å². The number of anilines is 1. The van der Waals surface area contributed by atoms with Crippen molar-refractivity contribution in [3.8, 4) is 22.2 Å². The van der Waals surface area contributed by atoms with Gasteiger partial charge in [-0.3, -0.25) is 10.3 Å². The van der Waals surface area contributed by atoms with Gasteiger partial charge in [0.15, 0.2) is 17.1 Å².